The highest BCUT2D eigenvalue weighted by molar-refractivity contribution is 5.82. The minimum Gasteiger partial charge on any atom is -0.497 e. The molecule has 2 atom stereocenters. The van der Waals surface area contributed by atoms with E-state index in [9.17, 15) is 4.79 Å². The maximum Gasteiger partial charge on any atom is 0.240 e. The van der Waals surface area contributed by atoms with Gasteiger partial charge in [-0.25, -0.2) is 0 Å². The first kappa shape index (κ1) is 17.6. The van der Waals surface area contributed by atoms with E-state index < -0.39 is 6.04 Å². The number of carbonyl (C=O) groups excluding carboxylic acids is 1. The lowest BCUT2D eigenvalue weighted by atomic mass is 9.86. The Kier molecular flexibility index (Phi) is 5.19. The third-order valence-corrected chi connectivity index (χ3v) is 4.54. The molecule has 0 unspecified atom stereocenters. The number of likely N-dealkylation sites (tertiary alicyclic amines) is 1. The van der Waals surface area contributed by atoms with Gasteiger partial charge in [0.1, 0.15) is 11.5 Å². The number of benzene rings is 1. The highest BCUT2D eigenvalue weighted by atomic mass is 16.5. The molecule has 0 saturated carbocycles. The number of rotatable bonds is 4. The van der Waals surface area contributed by atoms with Gasteiger partial charge in [0.15, 0.2) is 0 Å². The molecule has 2 N–H and O–H groups in total. The lowest BCUT2D eigenvalue weighted by molar-refractivity contribution is -0.133. The van der Waals surface area contributed by atoms with Crippen LogP contribution in [0.4, 0.5) is 0 Å². The monoisotopic (exact) mass is 320 g/mol. The molecule has 1 aliphatic heterocycles. The van der Waals surface area contributed by atoms with Gasteiger partial charge in [0.25, 0.3) is 0 Å². The highest BCUT2D eigenvalue weighted by Crippen LogP contribution is 2.33. The zero-order valence-electron chi connectivity index (χ0n) is 14.8. The molecule has 5 nitrogen and oxygen atoms in total. The summed E-state index contributed by atoms with van der Waals surface area (Å²) in [6, 6.07) is 5.42. The number of methoxy groups -OCH3 is 2. The second kappa shape index (κ2) is 6.79. The van der Waals surface area contributed by atoms with Crippen molar-refractivity contribution >= 4 is 5.91 Å². The van der Waals surface area contributed by atoms with E-state index in [1.165, 1.54) is 0 Å². The van der Waals surface area contributed by atoms with Gasteiger partial charge < -0.3 is 20.1 Å². The number of nitrogens with two attached hydrogens (primary N) is 1. The van der Waals surface area contributed by atoms with Crippen LogP contribution in [0.25, 0.3) is 0 Å². The second-order valence-corrected chi connectivity index (χ2v) is 7.26. The van der Waals surface area contributed by atoms with E-state index >= 15 is 0 Å². The quantitative estimate of drug-likeness (QED) is 0.925. The van der Waals surface area contributed by atoms with Crippen LogP contribution >= 0.6 is 0 Å². The molecular weight excluding hydrogens is 292 g/mol. The largest absolute Gasteiger partial charge is 0.497 e. The Morgan fingerprint density at radius 2 is 1.78 bits per heavy atom. The molecular formula is C18H28N2O3. The summed E-state index contributed by atoms with van der Waals surface area (Å²) in [5.41, 5.74) is 7.03. The van der Waals surface area contributed by atoms with Gasteiger partial charge in [0.05, 0.1) is 20.3 Å². The minimum atomic E-state index is -0.471. The molecule has 1 heterocycles. The first-order valence-corrected chi connectivity index (χ1v) is 8.03. The van der Waals surface area contributed by atoms with E-state index in [0.29, 0.717) is 6.54 Å². The molecule has 0 radical (unpaired) electrons. The minimum absolute atomic E-state index is 0.0369. The molecule has 128 valence electrons. The average Bonchev–Trinajstić information content (AvgIpc) is 3.01. The summed E-state index contributed by atoms with van der Waals surface area (Å²) >= 11 is 0. The lowest BCUT2D eigenvalue weighted by Crippen LogP contribution is -2.49. The Labute approximate surface area is 138 Å². The summed E-state index contributed by atoms with van der Waals surface area (Å²) in [7, 11) is 3.29. The predicted molar refractivity (Wildman–Crippen MR) is 90.9 cm³/mol. The Hall–Kier alpha value is -1.75. The van der Waals surface area contributed by atoms with Crippen molar-refractivity contribution in [3.05, 3.63) is 23.8 Å². The van der Waals surface area contributed by atoms with Crippen LogP contribution in [0.1, 0.15) is 38.7 Å². The van der Waals surface area contributed by atoms with Crippen LogP contribution in [0.5, 0.6) is 11.5 Å². The van der Waals surface area contributed by atoms with Crippen molar-refractivity contribution in [2.24, 2.45) is 11.1 Å². The maximum absolute atomic E-state index is 12.6. The van der Waals surface area contributed by atoms with E-state index in [0.717, 1.165) is 30.0 Å². The number of hydrogen-bond acceptors (Lipinski definition) is 4. The third kappa shape index (κ3) is 3.96. The molecule has 1 aromatic rings. The molecule has 0 bridgehead atoms. The smallest absolute Gasteiger partial charge is 0.240 e. The van der Waals surface area contributed by atoms with Gasteiger partial charge in [0.2, 0.25) is 5.91 Å². The van der Waals surface area contributed by atoms with Crippen molar-refractivity contribution < 1.29 is 14.3 Å². The Morgan fingerprint density at radius 1 is 1.22 bits per heavy atom. The van der Waals surface area contributed by atoms with Crippen LogP contribution in [0.2, 0.25) is 0 Å². The van der Waals surface area contributed by atoms with Gasteiger partial charge >= 0.3 is 0 Å². The lowest BCUT2D eigenvalue weighted by Gasteiger charge is -2.30. The Morgan fingerprint density at radius 3 is 2.26 bits per heavy atom. The van der Waals surface area contributed by atoms with E-state index in [2.05, 4.69) is 0 Å². The summed E-state index contributed by atoms with van der Waals surface area (Å²) in [6.45, 7) is 7.42. The number of nitrogens with zero attached hydrogens (tertiary/aromatic N) is 1. The molecule has 1 fully saturated rings. The highest BCUT2D eigenvalue weighted by Gasteiger charge is 2.35. The number of amides is 1. The molecule has 2 rings (SSSR count). The normalized spacial score (nSPS) is 19.6. The van der Waals surface area contributed by atoms with Gasteiger partial charge in [-0.15, -0.1) is 0 Å². The fourth-order valence-corrected chi connectivity index (χ4v) is 2.86. The number of carbonyl (C=O) groups is 1. The topological polar surface area (TPSA) is 64.8 Å². The second-order valence-electron chi connectivity index (χ2n) is 7.26. The fraction of sp³-hybridized carbons (Fsp3) is 0.611. The number of ether oxygens (including phenoxy) is 2. The van der Waals surface area contributed by atoms with Crippen LogP contribution in [0.3, 0.4) is 0 Å². The molecule has 1 aliphatic rings. The van der Waals surface area contributed by atoms with Gasteiger partial charge in [-0.1, -0.05) is 20.8 Å². The first-order valence-electron chi connectivity index (χ1n) is 8.03. The van der Waals surface area contributed by atoms with Crippen LogP contribution in [0, 0.1) is 5.41 Å². The van der Waals surface area contributed by atoms with E-state index in [1.54, 1.807) is 14.2 Å². The molecule has 0 aliphatic carbocycles. The van der Waals surface area contributed by atoms with E-state index in [4.69, 9.17) is 15.2 Å². The average molecular weight is 320 g/mol. The van der Waals surface area contributed by atoms with Crippen LogP contribution < -0.4 is 15.2 Å². The van der Waals surface area contributed by atoms with Gasteiger partial charge in [-0.2, -0.15) is 0 Å². The van der Waals surface area contributed by atoms with Gasteiger partial charge in [-0.05, 0) is 29.5 Å². The van der Waals surface area contributed by atoms with Gasteiger partial charge in [0, 0.05) is 25.1 Å². The summed E-state index contributed by atoms with van der Waals surface area (Å²) in [5.74, 6) is 1.87. The molecule has 23 heavy (non-hydrogen) atoms. The Balaban J connectivity index is 2.12. The van der Waals surface area contributed by atoms with Crippen LogP contribution in [-0.2, 0) is 4.79 Å². The summed E-state index contributed by atoms with van der Waals surface area (Å²) in [5, 5.41) is 0. The maximum atomic E-state index is 12.6. The molecule has 1 amide bonds. The van der Waals surface area contributed by atoms with Crippen molar-refractivity contribution in [1.82, 2.24) is 4.90 Å². The van der Waals surface area contributed by atoms with Crippen molar-refractivity contribution in [3.8, 4) is 11.5 Å². The van der Waals surface area contributed by atoms with Crippen molar-refractivity contribution in [1.29, 1.82) is 0 Å². The molecule has 1 saturated heterocycles. The predicted octanol–water partition coefficient (Wildman–Crippen LogP) is 2.39. The van der Waals surface area contributed by atoms with Crippen molar-refractivity contribution in [3.63, 3.8) is 0 Å². The fourth-order valence-electron chi connectivity index (χ4n) is 2.86. The standard InChI is InChI=1S/C18H28N2O3/c1-18(2,3)16(19)17(21)20-7-6-12(11-20)13-8-14(22-4)10-15(9-13)23-5/h8-10,12,16H,6-7,11,19H2,1-5H3/t12-,16-/m1/s1. The zero-order chi connectivity index (χ0) is 17.2. The SMILES string of the molecule is COc1cc(OC)cc([C@@H]2CCN(C(=O)[C@@H](N)C(C)(C)C)C2)c1. The van der Waals surface area contributed by atoms with Crippen LogP contribution in [-0.4, -0.2) is 44.2 Å². The van der Waals surface area contributed by atoms with Crippen LogP contribution in [0.15, 0.2) is 18.2 Å². The molecule has 1 aromatic carbocycles. The van der Waals surface area contributed by atoms with Gasteiger partial charge in [-0.3, -0.25) is 4.79 Å². The summed E-state index contributed by atoms with van der Waals surface area (Å²) in [4.78, 5) is 14.4. The molecule has 0 aromatic heterocycles. The number of hydrogen-bond donors (Lipinski definition) is 1. The van der Waals surface area contributed by atoms with E-state index in [1.807, 2.05) is 43.9 Å². The van der Waals surface area contributed by atoms with Crippen molar-refractivity contribution in [2.75, 3.05) is 27.3 Å². The zero-order valence-corrected chi connectivity index (χ0v) is 14.8. The molecule has 5 heteroatoms. The summed E-state index contributed by atoms with van der Waals surface area (Å²) in [6.07, 6.45) is 0.929. The third-order valence-electron chi connectivity index (χ3n) is 4.54. The Bertz CT molecular complexity index is 544. The van der Waals surface area contributed by atoms with E-state index in [-0.39, 0.29) is 17.2 Å². The molecule has 0 spiro atoms. The first-order chi connectivity index (χ1) is 10.8. The summed E-state index contributed by atoms with van der Waals surface area (Å²) < 4.78 is 10.7. The van der Waals surface area contributed by atoms with Crippen molar-refractivity contribution in [2.45, 2.75) is 39.2 Å².